The first-order valence-corrected chi connectivity index (χ1v) is 5.47. The van der Waals surface area contributed by atoms with E-state index in [1.54, 1.807) is 6.20 Å². The molecule has 2 heterocycles. The molecule has 84 valence electrons. The van der Waals surface area contributed by atoms with Crippen LogP contribution in [0, 0.1) is 11.3 Å². The van der Waals surface area contributed by atoms with Crippen LogP contribution in [0.15, 0.2) is 29.4 Å². The number of hydrogen-bond acceptors (Lipinski definition) is 4. The quantitative estimate of drug-likeness (QED) is 0.766. The fraction of sp³-hybridized carbons (Fsp3) is 0.417. The number of rotatable bonds is 2. The van der Waals surface area contributed by atoms with Crippen LogP contribution in [0.2, 0.25) is 0 Å². The summed E-state index contributed by atoms with van der Waals surface area (Å²) in [5, 5.41) is 7.86. The zero-order chi connectivity index (χ0) is 11.4. The average Bonchev–Trinajstić information content (AvgIpc) is 2.32. The van der Waals surface area contributed by atoms with Crippen LogP contribution in [0.4, 0.5) is 5.82 Å². The molecule has 0 amide bonds. The Morgan fingerprint density at radius 1 is 1.56 bits per heavy atom. The van der Waals surface area contributed by atoms with E-state index in [0.717, 1.165) is 25.2 Å². The Hall–Kier alpha value is -1.55. The zero-order valence-electron chi connectivity index (χ0n) is 9.43. The molecule has 0 aromatic carbocycles. The zero-order valence-corrected chi connectivity index (χ0v) is 9.43. The number of piperidine rings is 1. The fourth-order valence-corrected chi connectivity index (χ4v) is 1.77. The van der Waals surface area contributed by atoms with Crippen LogP contribution in [0.3, 0.4) is 0 Å². The van der Waals surface area contributed by atoms with Gasteiger partial charge in [-0.1, -0.05) is 6.07 Å². The smallest absolute Gasteiger partial charge is 0.151 e. The lowest BCUT2D eigenvalue weighted by atomic mass is 9.97. The molecule has 1 fully saturated rings. The molecule has 1 aromatic rings. The molecule has 0 bridgehead atoms. The predicted octanol–water partition coefficient (Wildman–Crippen LogP) is 1.76. The summed E-state index contributed by atoms with van der Waals surface area (Å²) in [4.78, 5) is 10.7. The molecule has 0 aliphatic carbocycles. The summed E-state index contributed by atoms with van der Waals surface area (Å²) in [6.07, 6.45) is 4.42. The van der Waals surface area contributed by atoms with Gasteiger partial charge >= 0.3 is 0 Å². The lowest BCUT2D eigenvalue weighted by Gasteiger charge is -2.27. The maximum Gasteiger partial charge on any atom is 0.151 e. The monoisotopic (exact) mass is 216 g/mol. The third-order valence-corrected chi connectivity index (χ3v) is 2.75. The molecule has 16 heavy (non-hydrogen) atoms. The normalized spacial score (nSPS) is 22.8. The number of nitrogens with zero attached hydrogens (tertiary/aromatic N) is 3. The van der Waals surface area contributed by atoms with Gasteiger partial charge in [-0.2, -0.15) is 0 Å². The van der Waals surface area contributed by atoms with Gasteiger partial charge in [0.25, 0.3) is 0 Å². The molecule has 1 unspecified atom stereocenters. The predicted molar refractivity (Wildman–Crippen MR) is 65.7 cm³/mol. The van der Waals surface area contributed by atoms with Crippen molar-refractivity contribution in [2.45, 2.75) is 6.42 Å². The van der Waals surface area contributed by atoms with E-state index in [2.05, 4.69) is 21.9 Å². The largest absolute Gasteiger partial charge is 0.309 e. The van der Waals surface area contributed by atoms with Gasteiger partial charge in [0.15, 0.2) is 5.82 Å². The van der Waals surface area contributed by atoms with Crippen LogP contribution in [0.5, 0.6) is 0 Å². The summed E-state index contributed by atoms with van der Waals surface area (Å²) >= 11 is 0. The number of aliphatic imine (C=N–C) groups is 1. The second kappa shape index (κ2) is 4.99. The molecule has 1 N–H and O–H groups in total. The van der Waals surface area contributed by atoms with Crippen molar-refractivity contribution < 1.29 is 0 Å². The maximum atomic E-state index is 7.86. The van der Waals surface area contributed by atoms with E-state index in [4.69, 9.17) is 5.41 Å². The molecular weight excluding hydrogens is 200 g/mol. The molecule has 2 rings (SSSR count). The summed E-state index contributed by atoms with van der Waals surface area (Å²) in [5.41, 5.74) is 0.776. The van der Waals surface area contributed by atoms with E-state index < -0.39 is 0 Å². The Labute approximate surface area is 95.5 Å². The van der Waals surface area contributed by atoms with Gasteiger partial charge in [0.1, 0.15) is 0 Å². The average molecular weight is 216 g/mol. The van der Waals surface area contributed by atoms with Gasteiger partial charge in [0.2, 0.25) is 0 Å². The highest BCUT2D eigenvalue weighted by Crippen LogP contribution is 2.12. The maximum absolute atomic E-state index is 7.86. The van der Waals surface area contributed by atoms with Crippen LogP contribution in [-0.4, -0.2) is 41.9 Å². The van der Waals surface area contributed by atoms with Crippen molar-refractivity contribution in [2.75, 3.05) is 20.1 Å². The van der Waals surface area contributed by atoms with Crippen molar-refractivity contribution in [2.24, 2.45) is 10.9 Å². The number of pyridine rings is 1. The highest BCUT2D eigenvalue weighted by atomic mass is 15.1. The lowest BCUT2D eigenvalue weighted by molar-refractivity contribution is 0.317. The van der Waals surface area contributed by atoms with Gasteiger partial charge in [-0.05, 0) is 25.6 Å². The molecule has 0 spiro atoms. The Kier molecular flexibility index (Phi) is 3.41. The summed E-state index contributed by atoms with van der Waals surface area (Å²) in [6.45, 7) is 1.86. The summed E-state index contributed by atoms with van der Waals surface area (Å²) in [5.74, 6) is 0.851. The fourth-order valence-electron chi connectivity index (χ4n) is 1.77. The molecule has 0 saturated carbocycles. The molecule has 1 atom stereocenters. The SMILES string of the molecule is CN1CCC(=N)C(C=Nc2ccccn2)C1. The number of nitrogens with one attached hydrogen (secondary N) is 1. The minimum Gasteiger partial charge on any atom is -0.309 e. The summed E-state index contributed by atoms with van der Waals surface area (Å²) in [7, 11) is 2.08. The van der Waals surface area contributed by atoms with Gasteiger partial charge in [0, 0.05) is 37.1 Å². The molecular formula is C12H16N4. The van der Waals surface area contributed by atoms with Crippen molar-refractivity contribution in [1.29, 1.82) is 5.41 Å². The topological polar surface area (TPSA) is 52.3 Å². The minimum atomic E-state index is 0.140. The highest BCUT2D eigenvalue weighted by Gasteiger charge is 2.20. The lowest BCUT2D eigenvalue weighted by Crippen LogP contribution is -2.38. The second-order valence-corrected chi connectivity index (χ2v) is 4.11. The van der Waals surface area contributed by atoms with E-state index in [0.29, 0.717) is 5.82 Å². The number of hydrogen-bond donors (Lipinski definition) is 1. The Morgan fingerprint density at radius 3 is 3.19 bits per heavy atom. The van der Waals surface area contributed by atoms with Crippen LogP contribution in [0.1, 0.15) is 6.42 Å². The first-order chi connectivity index (χ1) is 7.75. The van der Waals surface area contributed by atoms with Crippen LogP contribution < -0.4 is 0 Å². The number of likely N-dealkylation sites (tertiary alicyclic amines) is 1. The Balaban J connectivity index is 2.03. The molecule has 1 aliphatic heterocycles. The molecule has 1 aliphatic rings. The summed E-state index contributed by atoms with van der Waals surface area (Å²) < 4.78 is 0. The van der Waals surface area contributed by atoms with Crippen LogP contribution >= 0.6 is 0 Å². The minimum absolute atomic E-state index is 0.140. The molecule has 1 aromatic heterocycles. The standard InChI is InChI=1S/C12H16N4/c1-16-7-5-11(13)10(9-16)8-15-12-4-2-3-6-14-12/h2-4,6,8,10,13H,5,7,9H2,1H3. The Bertz CT molecular complexity index is 385. The van der Waals surface area contributed by atoms with Gasteiger partial charge in [-0.15, -0.1) is 0 Å². The van der Waals surface area contributed by atoms with Gasteiger partial charge in [-0.3, -0.25) is 0 Å². The van der Waals surface area contributed by atoms with Crippen molar-refractivity contribution in [1.82, 2.24) is 9.88 Å². The van der Waals surface area contributed by atoms with Crippen LogP contribution in [0.25, 0.3) is 0 Å². The second-order valence-electron chi connectivity index (χ2n) is 4.11. The van der Waals surface area contributed by atoms with Crippen LogP contribution in [-0.2, 0) is 0 Å². The van der Waals surface area contributed by atoms with E-state index in [-0.39, 0.29) is 5.92 Å². The molecule has 0 radical (unpaired) electrons. The van der Waals surface area contributed by atoms with Gasteiger partial charge in [0.05, 0.1) is 0 Å². The highest BCUT2D eigenvalue weighted by molar-refractivity contribution is 5.98. The molecule has 4 heteroatoms. The number of aromatic nitrogens is 1. The van der Waals surface area contributed by atoms with E-state index in [1.807, 2.05) is 24.4 Å². The summed E-state index contributed by atoms with van der Waals surface area (Å²) in [6, 6.07) is 5.65. The van der Waals surface area contributed by atoms with E-state index in [1.165, 1.54) is 0 Å². The third-order valence-electron chi connectivity index (χ3n) is 2.75. The van der Waals surface area contributed by atoms with Crippen molar-refractivity contribution in [3.8, 4) is 0 Å². The van der Waals surface area contributed by atoms with Crippen molar-refractivity contribution in [3.63, 3.8) is 0 Å². The molecule has 1 saturated heterocycles. The van der Waals surface area contributed by atoms with E-state index in [9.17, 15) is 0 Å². The molecule has 4 nitrogen and oxygen atoms in total. The van der Waals surface area contributed by atoms with Gasteiger partial charge < -0.3 is 10.3 Å². The van der Waals surface area contributed by atoms with Gasteiger partial charge in [-0.25, -0.2) is 9.98 Å². The Morgan fingerprint density at radius 2 is 2.44 bits per heavy atom. The van der Waals surface area contributed by atoms with Crippen molar-refractivity contribution >= 4 is 17.7 Å². The first kappa shape index (κ1) is 11.0. The van der Waals surface area contributed by atoms with Crippen molar-refractivity contribution in [3.05, 3.63) is 24.4 Å². The van der Waals surface area contributed by atoms with E-state index >= 15 is 0 Å². The first-order valence-electron chi connectivity index (χ1n) is 5.47. The third kappa shape index (κ3) is 2.73.